The SMILES string of the molecule is [CH2]CCCCCCCC=C(C)C. The minimum atomic E-state index is 1.11. The average Bonchev–Trinajstić information content (AvgIpc) is 2.02. The van der Waals surface area contributed by atoms with Gasteiger partial charge in [-0.05, 0) is 26.7 Å². The largest absolute Gasteiger partial charge is 0.0859 e. The van der Waals surface area contributed by atoms with E-state index in [9.17, 15) is 0 Å². The number of rotatable bonds is 7. The van der Waals surface area contributed by atoms with E-state index < -0.39 is 0 Å². The Labute approximate surface area is 78.1 Å². The van der Waals surface area contributed by atoms with Crippen LogP contribution in [0.25, 0.3) is 0 Å². The Balaban J connectivity index is 2.96. The molecule has 0 heteroatoms. The third kappa shape index (κ3) is 9.74. The highest BCUT2D eigenvalue weighted by molar-refractivity contribution is 4.92. The lowest BCUT2D eigenvalue weighted by atomic mass is 10.1. The normalized spacial score (nSPS) is 9.92. The van der Waals surface area contributed by atoms with E-state index in [1.165, 1.54) is 44.1 Å². The zero-order valence-corrected chi connectivity index (χ0v) is 8.73. The number of unbranched alkanes of at least 4 members (excludes halogenated alkanes) is 6. The van der Waals surface area contributed by atoms with Crippen molar-refractivity contribution in [3.63, 3.8) is 0 Å². The summed E-state index contributed by atoms with van der Waals surface area (Å²) >= 11 is 0. The van der Waals surface area contributed by atoms with E-state index >= 15 is 0 Å². The van der Waals surface area contributed by atoms with Gasteiger partial charge in [0.1, 0.15) is 0 Å². The summed E-state index contributed by atoms with van der Waals surface area (Å²) in [6.45, 7) is 8.17. The first-order valence-electron chi connectivity index (χ1n) is 5.20. The molecule has 0 heterocycles. The molecule has 1 radical (unpaired) electrons. The molecular weight excluding hydrogens is 144 g/mol. The first-order valence-corrected chi connectivity index (χ1v) is 5.20. The van der Waals surface area contributed by atoms with Gasteiger partial charge in [0, 0.05) is 0 Å². The van der Waals surface area contributed by atoms with Crippen LogP contribution in [0.2, 0.25) is 0 Å². The van der Waals surface area contributed by atoms with Crippen molar-refractivity contribution < 1.29 is 0 Å². The standard InChI is InChI=1S/C12H23/c1-4-5-6-7-8-9-10-11-12(2)3/h11H,1,4-10H2,2-3H3. The van der Waals surface area contributed by atoms with Gasteiger partial charge in [0.15, 0.2) is 0 Å². The fraction of sp³-hybridized carbons (Fsp3) is 0.750. The molecule has 0 bridgehead atoms. The lowest BCUT2D eigenvalue weighted by molar-refractivity contribution is 0.621. The second kappa shape index (κ2) is 8.83. The van der Waals surface area contributed by atoms with E-state index in [1.807, 2.05) is 0 Å². The second-order valence-corrected chi connectivity index (χ2v) is 3.69. The lowest BCUT2D eigenvalue weighted by Crippen LogP contribution is -1.78. The first-order chi connectivity index (χ1) is 5.77. The van der Waals surface area contributed by atoms with Crippen LogP contribution in [0.5, 0.6) is 0 Å². The maximum atomic E-state index is 3.83. The third-order valence-corrected chi connectivity index (χ3v) is 2.01. The zero-order valence-electron chi connectivity index (χ0n) is 8.73. The minimum absolute atomic E-state index is 1.11. The highest BCUT2D eigenvalue weighted by Crippen LogP contribution is 2.07. The maximum absolute atomic E-state index is 3.83. The van der Waals surface area contributed by atoms with Crippen molar-refractivity contribution in [1.29, 1.82) is 0 Å². The molecule has 0 nitrogen and oxygen atoms in total. The van der Waals surface area contributed by atoms with Crippen LogP contribution < -0.4 is 0 Å². The Hall–Kier alpha value is -0.260. The Kier molecular flexibility index (Phi) is 8.64. The number of hydrogen-bond donors (Lipinski definition) is 0. The molecule has 0 saturated heterocycles. The summed E-state index contributed by atoms with van der Waals surface area (Å²) in [5.74, 6) is 0. The van der Waals surface area contributed by atoms with Gasteiger partial charge < -0.3 is 0 Å². The van der Waals surface area contributed by atoms with Crippen LogP contribution in [0.3, 0.4) is 0 Å². The van der Waals surface area contributed by atoms with Gasteiger partial charge in [-0.3, -0.25) is 0 Å². The molecule has 0 aliphatic rings. The van der Waals surface area contributed by atoms with Crippen LogP contribution in [0, 0.1) is 6.92 Å². The number of hydrogen-bond acceptors (Lipinski definition) is 0. The van der Waals surface area contributed by atoms with Crippen molar-refractivity contribution >= 4 is 0 Å². The van der Waals surface area contributed by atoms with Gasteiger partial charge in [-0.15, -0.1) is 0 Å². The fourth-order valence-corrected chi connectivity index (χ4v) is 1.24. The molecule has 71 valence electrons. The quantitative estimate of drug-likeness (QED) is 0.386. The van der Waals surface area contributed by atoms with Crippen molar-refractivity contribution in [3.8, 4) is 0 Å². The number of allylic oxidation sites excluding steroid dienone is 2. The Morgan fingerprint density at radius 2 is 1.58 bits per heavy atom. The van der Waals surface area contributed by atoms with Crippen LogP contribution in [0.4, 0.5) is 0 Å². The molecule has 0 fully saturated rings. The van der Waals surface area contributed by atoms with Gasteiger partial charge in [0.25, 0.3) is 0 Å². The van der Waals surface area contributed by atoms with E-state index in [0.717, 1.165) is 6.42 Å². The van der Waals surface area contributed by atoms with Gasteiger partial charge in [0.05, 0.1) is 0 Å². The van der Waals surface area contributed by atoms with E-state index in [-0.39, 0.29) is 0 Å². The second-order valence-electron chi connectivity index (χ2n) is 3.69. The highest BCUT2D eigenvalue weighted by atomic mass is 13.9. The molecule has 0 rings (SSSR count). The predicted octanol–water partition coefficient (Wildman–Crippen LogP) is 4.52. The van der Waals surface area contributed by atoms with Crippen molar-refractivity contribution in [2.24, 2.45) is 0 Å². The molecule has 0 aromatic carbocycles. The van der Waals surface area contributed by atoms with Gasteiger partial charge in [-0.25, -0.2) is 0 Å². The summed E-state index contributed by atoms with van der Waals surface area (Å²) in [5.41, 5.74) is 1.45. The minimum Gasteiger partial charge on any atom is -0.0859 e. The molecular formula is C12H23. The van der Waals surface area contributed by atoms with Crippen molar-refractivity contribution in [2.75, 3.05) is 0 Å². The molecule has 12 heavy (non-hydrogen) atoms. The molecule has 0 aliphatic carbocycles. The first kappa shape index (κ1) is 11.7. The molecule has 0 unspecified atom stereocenters. The summed E-state index contributed by atoms with van der Waals surface area (Å²) < 4.78 is 0. The van der Waals surface area contributed by atoms with Gasteiger partial charge in [0.2, 0.25) is 0 Å². The van der Waals surface area contributed by atoms with E-state index in [0.29, 0.717) is 0 Å². The maximum Gasteiger partial charge on any atom is -0.0348 e. The van der Waals surface area contributed by atoms with Crippen LogP contribution in [0.15, 0.2) is 11.6 Å². The summed E-state index contributed by atoms with van der Waals surface area (Å²) in [7, 11) is 0. The van der Waals surface area contributed by atoms with Gasteiger partial charge in [-0.2, -0.15) is 0 Å². The van der Waals surface area contributed by atoms with Crippen LogP contribution in [-0.2, 0) is 0 Å². The molecule has 0 atom stereocenters. The van der Waals surface area contributed by atoms with Crippen LogP contribution in [0.1, 0.15) is 58.8 Å². The molecule has 0 aromatic heterocycles. The van der Waals surface area contributed by atoms with Crippen LogP contribution >= 0.6 is 0 Å². The molecule has 0 aromatic rings. The fourth-order valence-electron chi connectivity index (χ4n) is 1.24. The van der Waals surface area contributed by atoms with Gasteiger partial charge in [-0.1, -0.05) is 50.7 Å². The van der Waals surface area contributed by atoms with Gasteiger partial charge >= 0.3 is 0 Å². The van der Waals surface area contributed by atoms with E-state index in [1.54, 1.807) is 0 Å². The topological polar surface area (TPSA) is 0 Å². The highest BCUT2D eigenvalue weighted by Gasteiger charge is 1.88. The smallest absolute Gasteiger partial charge is 0.0348 e. The van der Waals surface area contributed by atoms with E-state index in [2.05, 4.69) is 26.8 Å². The van der Waals surface area contributed by atoms with E-state index in [4.69, 9.17) is 0 Å². The predicted molar refractivity (Wildman–Crippen MR) is 57.1 cm³/mol. The summed E-state index contributed by atoms with van der Waals surface area (Å²) in [6.07, 6.45) is 11.5. The van der Waals surface area contributed by atoms with Crippen molar-refractivity contribution in [2.45, 2.75) is 58.8 Å². The average molecular weight is 167 g/mol. The summed E-state index contributed by atoms with van der Waals surface area (Å²) in [5, 5.41) is 0. The van der Waals surface area contributed by atoms with Crippen molar-refractivity contribution in [1.82, 2.24) is 0 Å². The Morgan fingerprint density at radius 3 is 2.17 bits per heavy atom. The molecule has 0 spiro atoms. The lowest BCUT2D eigenvalue weighted by Gasteiger charge is -1.97. The third-order valence-electron chi connectivity index (χ3n) is 2.01. The molecule has 0 saturated carbocycles. The molecule has 0 aliphatic heterocycles. The monoisotopic (exact) mass is 167 g/mol. The zero-order chi connectivity index (χ0) is 9.23. The van der Waals surface area contributed by atoms with Crippen molar-refractivity contribution in [3.05, 3.63) is 18.6 Å². The summed E-state index contributed by atoms with van der Waals surface area (Å²) in [4.78, 5) is 0. The summed E-state index contributed by atoms with van der Waals surface area (Å²) in [6, 6.07) is 0. The Bertz CT molecular complexity index is 107. The Morgan fingerprint density at radius 1 is 1.00 bits per heavy atom. The van der Waals surface area contributed by atoms with Crippen LogP contribution in [-0.4, -0.2) is 0 Å². The molecule has 0 N–H and O–H groups in total. The molecule has 0 amide bonds.